The topological polar surface area (TPSA) is 99.0 Å². The Labute approximate surface area is 174 Å². The average molecular weight is 412 g/mol. The number of hydroxylamine groups is 2. The van der Waals surface area contributed by atoms with E-state index in [-0.39, 0.29) is 23.7 Å². The van der Waals surface area contributed by atoms with E-state index < -0.39 is 28.0 Å². The Morgan fingerprint density at radius 1 is 1.13 bits per heavy atom. The molecule has 2 aromatic carbocycles. The lowest BCUT2D eigenvalue weighted by molar-refractivity contribution is -0.384. The minimum absolute atomic E-state index is 0.0929. The van der Waals surface area contributed by atoms with E-state index >= 15 is 0 Å². The molecule has 1 heterocycles. The van der Waals surface area contributed by atoms with Gasteiger partial charge in [-0.3, -0.25) is 14.9 Å². The Hall–Kier alpha value is -3.10. The van der Waals surface area contributed by atoms with E-state index in [1.54, 1.807) is 5.06 Å². The number of benzene rings is 2. The van der Waals surface area contributed by atoms with Gasteiger partial charge in [0.1, 0.15) is 0 Å². The molecule has 158 valence electrons. The monoisotopic (exact) mass is 412 g/mol. The molecule has 8 nitrogen and oxygen atoms in total. The molecule has 1 saturated heterocycles. The summed E-state index contributed by atoms with van der Waals surface area (Å²) in [7, 11) is 0. The van der Waals surface area contributed by atoms with Crippen molar-refractivity contribution < 1.29 is 24.1 Å². The zero-order valence-corrected chi connectivity index (χ0v) is 17.3. The van der Waals surface area contributed by atoms with Crippen LogP contribution in [0.3, 0.4) is 0 Å². The summed E-state index contributed by atoms with van der Waals surface area (Å²) in [6.45, 7) is 7.14. The predicted octanol–water partition coefficient (Wildman–Crippen LogP) is 4.21. The second kappa shape index (κ2) is 7.97. The van der Waals surface area contributed by atoms with Crippen molar-refractivity contribution in [2.45, 2.75) is 51.5 Å². The quantitative estimate of drug-likeness (QED) is 0.412. The summed E-state index contributed by atoms with van der Waals surface area (Å²) in [4.78, 5) is 41.6. The number of nitro benzene ring substituents is 1. The maximum atomic E-state index is 12.7. The zero-order valence-electron chi connectivity index (χ0n) is 17.3. The molecule has 1 fully saturated rings. The molecular formula is C22H24N2O6. The van der Waals surface area contributed by atoms with Crippen molar-refractivity contribution >= 4 is 17.4 Å². The lowest BCUT2D eigenvalue weighted by Crippen LogP contribution is -2.46. The summed E-state index contributed by atoms with van der Waals surface area (Å²) >= 11 is 0. The lowest BCUT2D eigenvalue weighted by atomic mass is 9.95. The van der Waals surface area contributed by atoms with Crippen molar-refractivity contribution in [3.8, 4) is 0 Å². The normalized spacial score (nSPS) is 21.9. The SMILES string of the molecule is CC(=O)C1(OC(=O)c2ccc([N+](=O)[O-])cc2)CC(c2ccccc2)N(C(C)(C)C)O1. The van der Waals surface area contributed by atoms with Gasteiger partial charge in [-0.1, -0.05) is 30.3 Å². The van der Waals surface area contributed by atoms with Gasteiger partial charge in [-0.05, 0) is 38.5 Å². The third kappa shape index (κ3) is 4.24. The van der Waals surface area contributed by atoms with Crippen LogP contribution in [0.15, 0.2) is 54.6 Å². The molecule has 0 N–H and O–H groups in total. The highest BCUT2D eigenvalue weighted by atomic mass is 16.8. The third-order valence-corrected chi connectivity index (χ3v) is 4.94. The van der Waals surface area contributed by atoms with E-state index in [2.05, 4.69) is 0 Å². The van der Waals surface area contributed by atoms with Crippen LogP contribution in [0.5, 0.6) is 0 Å². The number of ketones is 1. The first-order valence-corrected chi connectivity index (χ1v) is 9.56. The number of carbonyl (C=O) groups is 2. The van der Waals surface area contributed by atoms with Crippen LogP contribution in [0.25, 0.3) is 0 Å². The van der Waals surface area contributed by atoms with Crippen molar-refractivity contribution in [2.24, 2.45) is 0 Å². The van der Waals surface area contributed by atoms with Gasteiger partial charge in [-0.25, -0.2) is 9.63 Å². The molecule has 2 unspecified atom stereocenters. The number of Topliss-reactive ketones (excluding diaryl/α,β-unsaturated/α-hetero) is 1. The van der Waals surface area contributed by atoms with Crippen LogP contribution in [0, 0.1) is 10.1 Å². The number of carbonyl (C=O) groups excluding carboxylic acids is 2. The summed E-state index contributed by atoms with van der Waals surface area (Å²) in [5.41, 5.74) is 0.405. The first kappa shape index (κ1) is 21.6. The molecule has 2 atom stereocenters. The number of non-ortho nitro benzene ring substituents is 1. The van der Waals surface area contributed by atoms with Crippen LogP contribution in [0.2, 0.25) is 0 Å². The van der Waals surface area contributed by atoms with Crippen molar-refractivity contribution in [2.75, 3.05) is 0 Å². The molecule has 0 spiro atoms. The minimum atomic E-state index is -1.79. The van der Waals surface area contributed by atoms with Gasteiger partial charge in [0.15, 0.2) is 0 Å². The first-order chi connectivity index (χ1) is 14.0. The largest absolute Gasteiger partial charge is 0.420 e. The summed E-state index contributed by atoms with van der Waals surface area (Å²) in [6.07, 6.45) is 0.127. The second-order valence-electron chi connectivity index (χ2n) is 8.22. The maximum Gasteiger partial charge on any atom is 0.341 e. The van der Waals surface area contributed by atoms with Crippen LogP contribution < -0.4 is 0 Å². The molecule has 2 aromatic rings. The molecule has 1 aliphatic heterocycles. The molecule has 0 aromatic heterocycles. The Kier molecular flexibility index (Phi) is 5.74. The standard InChI is InChI=1S/C22H24N2O6/c1-15(25)22(29-20(26)17-10-12-18(13-11-17)24(27)28)14-19(16-8-6-5-7-9-16)23(30-22)21(2,3)4/h5-13,19H,14H2,1-4H3. The van der Waals surface area contributed by atoms with Gasteiger partial charge in [0.25, 0.3) is 11.5 Å². The lowest BCUT2D eigenvalue weighted by Gasteiger charge is -2.35. The molecule has 3 rings (SSSR count). The van der Waals surface area contributed by atoms with E-state index in [0.29, 0.717) is 0 Å². The van der Waals surface area contributed by atoms with Gasteiger partial charge in [0.2, 0.25) is 5.78 Å². The van der Waals surface area contributed by atoms with Crippen LogP contribution in [0.1, 0.15) is 56.1 Å². The summed E-state index contributed by atoms with van der Waals surface area (Å²) in [6, 6.07) is 14.2. The number of ether oxygens (including phenoxy) is 1. The molecule has 0 bridgehead atoms. The number of esters is 1. The fraction of sp³-hybridized carbons (Fsp3) is 0.364. The van der Waals surface area contributed by atoms with Gasteiger partial charge in [-0.2, -0.15) is 5.06 Å². The Balaban J connectivity index is 1.92. The Morgan fingerprint density at radius 2 is 1.73 bits per heavy atom. The summed E-state index contributed by atoms with van der Waals surface area (Å²) in [5, 5.41) is 12.5. The summed E-state index contributed by atoms with van der Waals surface area (Å²) in [5.74, 6) is -3.01. The van der Waals surface area contributed by atoms with Crippen LogP contribution >= 0.6 is 0 Å². The number of rotatable bonds is 5. The first-order valence-electron chi connectivity index (χ1n) is 9.56. The molecule has 0 amide bonds. The van der Waals surface area contributed by atoms with Crippen molar-refractivity contribution in [1.82, 2.24) is 5.06 Å². The van der Waals surface area contributed by atoms with E-state index in [0.717, 1.165) is 5.56 Å². The number of hydrogen-bond acceptors (Lipinski definition) is 7. The molecule has 1 aliphatic rings. The minimum Gasteiger partial charge on any atom is -0.420 e. The van der Waals surface area contributed by atoms with E-state index in [1.165, 1.54) is 31.2 Å². The van der Waals surface area contributed by atoms with E-state index in [9.17, 15) is 19.7 Å². The van der Waals surface area contributed by atoms with Gasteiger partial charge < -0.3 is 4.74 Å². The fourth-order valence-electron chi connectivity index (χ4n) is 3.40. The van der Waals surface area contributed by atoms with Gasteiger partial charge >= 0.3 is 5.97 Å². The Bertz CT molecular complexity index is 952. The maximum absolute atomic E-state index is 12.7. The average Bonchev–Trinajstić information content (AvgIpc) is 3.10. The highest BCUT2D eigenvalue weighted by Crippen LogP contribution is 2.45. The number of nitrogens with zero attached hydrogens (tertiary/aromatic N) is 2. The molecular weight excluding hydrogens is 388 g/mol. The highest BCUT2D eigenvalue weighted by molar-refractivity contribution is 5.93. The second-order valence-corrected chi connectivity index (χ2v) is 8.22. The van der Waals surface area contributed by atoms with E-state index in [4.69, 9.17) is 9.57 Å². The fourth-order valence-corrected chi connectivity index (χ4v) is 3.40. The predicted molar refractivity (Wildman–Crippen MR) is 108 cm³/mol. The Morgan fingerprint density at radius 3 is 2.23 bits per heavy atom. The van der Waals surface area contributed by atoms with E-state index in [1.807, 2.05) is 51.1 Å². The van der Waals surface area contributed by atoms with Gasteiger partial charge in [-0.15, -0.1) is 0 Å². The molecule has 0 saturated carbocycles. The number of hydrogen-bond donors (Lipinski definition) is 0. The summed E-state index contributed by atoms with van der Waals surface area (Å²) < 4.78 is 5.60. The van der Waals surface area contributed by atoms with Crippen molar-refractivity contribution in [3.63, 3.8) is 0 Å². The molecule has 30 heavy (non-hydrogen) atoms. The smallest absolute Gasteiger partial charge is 0.341 e. The van der Waals surface area contributed by atoms with Crippen LogP contribution in [-0.4, -0.2) is 33.1 Å². The van der Waals surface area contributed by atoms with Crippen LogP contribution in [0.4, 0.5) is 5.69 Å². The van der Waals surface area contributed by atoms with Gasteiger partial charge in [0.05, 0.1) is 16.5 Å². The number of nitro groups is 1. The third-order valence-electron chi connectivity index (χ3n) is 4.94. The molecule has 0 radical (unpaired) electrons. The van der Waals surface area contributed by atoms with Crippen molar-refractivity contribution in [1.29, 1.82) is 0 Å². The molecule has 0 aliphatic carbocycles. The van der Waals surface area contributed by atoms with Crippen LogP contribution in [-0.2, 0) is 14.4 Å². The zero-order chi connectivity index (χ0) is 22.1. The highest BCUT2D eigenvalue weighted by Gasteiger charge is 2.55. The van der Waals surface area contributed by atoms with Gasteiger partial charge in [0, 0.05) is 31.0 Å². The molecule has 8 heteroatoms. The van der Waals surface area contributed by atoms with Crippen molar-refractivity contribution in [3.05, 3.63) is 75.8 Å².